The van der Waals surface area contributed by atoms with Gasteiger partial charge in [0.2, 0.25) is 11.5 Å². The van der Waals surface area contributed by atoms with Gasteiger partial charge < -0.3 is 9.47 Å². The van der Waals surface area contributed by atoms with Crippen molar-refractivity contribution in [1.29, 1.82) is 5.41 Å². The van der Waals surface area contributed by atoms with Crippen LogP contribution in [-0.2, 0) is 12.0 Å². The average Bonchev–Trinajstić information content (AvgIpc) is 3.05. The van der Waals surface area contributed by atoms with Crippen molar-refractivity contribution in [1.82, 2.24) is 19.4 Å². The zero-order chi connectivity index (χ0) is 26.1. The smallest absolute Gasteiger partial charge is 0.392 e. The number of nitrogens with one attached hydrogen (secondary N) is 1. The first kappa shape index (κ1) is 29.2. The highest BCUT2D eigenvalue weighted by Gasteiger charge is 2.27. The van der Waals surface area contributed by atoms with E-state index in [0.29, 0.717) is 18.1 Å². The van der Waals surface area contributed by atoms with Gasteiger partial charge in [0.25, 0.3) is 0 Å². The first-order valence-electron chi connectivity index (χ1n) is 11.2. The second-order valence-electron chi connectivity index (χ2n) is 9.34. The van der Waals surface area contributed by atoms with Crippen LogP contribution in [0.5, 0.6) is 11.6 Å². The van der Waals surface area contributed by atoms with Crippen molar-refractivity contribution in [2.45, 2.75) is 66.1 Å². The molecule has 0 fully saturated rings. The number of halogens is 4. The molecule has 0 amide bonds. The highest BCUT2D eigenvalue weighted by molar-refractivity contribution is 5.96. The van der Waals surface area contributed by atoms with E-state index in [1.54, 1.807) is 12.1 Å². The number of aromatic nitrogens is 4. The van der Waals surface area contributed by atoms with Crippen LogP contribution in [0.3, 0.4) is 0 Å². The summed E-state index contributed by atoms with van der Waals surface area (Å²) in [5.74, 6) is 0.212. The summed E-state index contributed by atoms with van der Waals surface area (Å²) in [4.78, 5) is 13.2. The second-order valence-corrected chi connectivity index (χ2v) is 9.34. The predicted octanol–water partition coefficient (Wildman–Crippen LogP) is 4.96. The number of nitrogens with zero attached hydrogens (tertiary/aromatic N) is 4. The van der Waals surface area contributed by atoms with Crippen molar-refractivity contribution < 1.29 is 27.4 Å². The molecule has 0 aliphatic carbocycles. The van der Waals surface area contributed by atoms with Gasteiger partial charge in [-0.2, -0.15) is 17.7 Å². The Morgan fingerprint density at radius 2 is 1.72 bits per heavy atom. The van der Waals surface area contributed by atoms with Crippen molar-refractivity contribution >= 4 is 23.8 Å². The number of hydrogen-bond donors (Lipinski definition) is 1. The molecule has 0 saturated carbocycles. The monoisotopic (exact) mass is 529 g/mol. The summed E-state index contributed by atoms with van der Waals surface area (Å²) in [5, 5.41) is 17.2. The fraction of sp³-hybridized carbons (Fsp3) is 0.500. The summed E-state index contributed by atoms with van der Waals surface area (Å²) in [6.07, 6.45) is -5.43. The molecule has 0 unspecified atom stereocenters. The minimum absolute atomic E-state index is 0. The van der Waals surface area contributed by atoms with Crippen molar-refractivity contribution in [3.05, 3.63) is 46.1 Å². The molecular weight excluding hydrogens is 499 g/mol. The minimum Gasteiger partial charge on any atom is -0.493 e. The van der Waals surface area contributed by atoms with Gasteiger partial charge >= 0.3 is 6.18 Å². The maximum absolute atomic E-state index is 13.2. The third-order valence-electron chi connectivity index (χ3n) is 5.59. The second kappa shape index (κ2) is 10.9. The van der Waals surface area contributed by atoms with Gasteiger partial charge in [-0.15, -0.1) is 22.6 Å². The molecule has 3 rings (SSSR count). The number of hydrogen-bond acceptors (Lipinski definition) is 6. The lowest BCUT2D eigenvalue weighted by molar-refractivity contribution is -0.139. The van der Waals surface area contributed by atoms with Gasteiger partial charge in [-0.05, 0) is 49.9 Å². The van der Waals surface area contributed by atoms with Gasteiger partial charge in [0.05, 0.1) is 19.6 Å². The number of carbonyl (C=O) groups excluding carboxylic acids is 1. The quantitative estimate of drug-likeness (QED) is 0.416. The zero-order valence-corrected chi connectivity index (χ0v) is 21.9. The fourth-order valence-corrected chi connectivity index (χ4v) is 3.41. The van der Waals surface area contributed by atoms with Crippen LogP contribution in [0.1, 0.15) is 61.2 Å². The zero-order valence-electron chi connectivity index (χ0n) is 21.1. The van der Waals surface area contributed by atoms with Crippen molar-refractivity contribution in [2.75, 3.05) is 13.2 Å². The van der Waals surface area contributed by atoms with E-state index < -0.39 is 19.2 Å². The van der Waals surface area contributed by atoms with Gasteiger partial charge in [0.1, 0.15) is 12.3 Å². The van der Waals surface area contributed by atoms with Crippen LogP contribution < -0.4 is 15.1 Å². The number of ether oxygens (including phenoxy) is 2. The number of Topliss-reactive ketones (excluding diaryl/α,β-unsaturated/α-hetero) is 1. The lowest BCUT2D eigenvalue weighted by Crippen LogP contribution is -2.26. The Morgan fingerprint density at radius 1 is 1.06 bits per heavy atom. The molecule has 0 saturated heterocycles. The van der Waals surface area contributed by atoms with Gasteiger partial charge in [-0.1, -0.05) is 20.8 Å². The Morgan fingerprint density at radius 3 is 2.31 bits per heavy atom. The number of ketones is 1. The molecule has 8 nitrogen and oxygen atoms in total. The molecule has 36 heavy (non-hydrogen) atoms. The lowest BCUT2D eigenvalue weighted by atomic mass is 9.85. The third kappa shape index (κ3) is 6.57. The van der Waals surface area contributed by atoms with Gasteiger partial charge in [-0.3, -0.25) is 10.2 Å². The number of aryl methyl sites for hydroxylation is 1. The summed E-state index contributed by atoms with van der Waals surface area (Å²) in [6, 6.07) is 4.76. The normalized spacial score (nSPS) is 11.9. The molecule has 0 spiro atoms. The summed E-state index contributed by atoms with van der Waals surface area (Å²) in [6.45, 7) is 10.9. The fourth-order valence-electron chi connectivity index (χ4n) is 3.41. The predicted molar refractivity (Wildman–Crippen MR) is 130 cm³/mol. The maximum Gasteiger partial charge on any atom is 0.392 e. The summed E-state index contributed by atoms with van der Waals surface area (Å²) in [5.41, 5.74) is 2.53. The Balaban J connectivity index is 0.00000456. The molecule has 0 atom stereocenters. The molecule has 0 radical (unpaired) electrons. The van der Waals surface area contributed by atoms with Crippen LogP contribution >= 0.6 is 12.4 Å². The number of benzene rings is 1. The van der Waals surface area contributed by atoms with E-state index in [1.807, 2.05) is 41.5 Å². The number of carbonyl (C=O) groups is 1. The van der Waals surface area contributed by atoms with Gasteiger partial charge in [0, 0.05) is 16.7 Å². The SMILES string of the molecule is CCOc1nn2c(=N)n(CC(=O)c3cc(OCCC(F)(F)F)cc(C(C)(C)C)c3)nc2c(C)c1C.Cl. The number of rotatable bonds is 8. The van der Waals surface area contributed by atoms with Crippen LogP contribution in [0.15, 0.2) is 18.2 Å². The molecule has 2 heterocycles. The number of alkyl halides is 3. The molecule has 12 heteroatoms. The Kier molecular flexibility index (Phi) is 8.82. The topological polar surface area (TPSA) is 94.5 Å². The standard InChI is InChI=1S/C24H30F3N5O3.ClH/c1-7-34-21-15(3)14(2)20-29-31(22(28)32(20)30-21)13-19(33)16-10-17(23(4,5)6)12-18(11-16)35-9-8-24(25,26)27;/h10-12,28H,7-9,13H2,1-6H3;1H. The molecule has 0 bridgehead atoms. The van der Waals surface area contributed by atoms with E-state index >= 15 is 0 Å². The molecule has 1 aromatic carbocycles. The van der Waals surface area contributed by atoms with E-state index in [2.05, 4.69) is 10.2 Å². The largest absolute Gasteiger partial charge is 0.493 e. The van der Waals surface area contributed by atoms with Crippen LogP contribution in [0, 0.1) is 19.3 Å². The van der Waals surface area contributed by atoms with E-state index in [4.69, 9.17) is 14.9 Å². The van der Waals surface area contributed by atoms with Crippen LogP contribution in [0.25, 0.3) is 5.65 Å². The molecule has 0 aliphatic rings. The van der Waals surface area contributed by atoms with Gasteiger partial charge in [-0.25, -0.2) is 4.68 Å². The summed E-state index contributed by atoms with van der Waals surface area (Å²) in [7, 11) is 0. The van der Waals surface area contributed by atoms with E-state index in [9.17, 15) is 18.0 Å². The van der Waals surface area contributed by atoms with Crippen molar-refractivity contribution in [3.63, 3.8) is 0 Å². The van der Waals surface area contributed by atoms with Crippen LogP contribution in [0.4, 0.5) is 13.2 Å². The highest BCUT2D eigenvalue weighted by Crippen LogP contribution is 2.29. The molecular formula is C24H31ClF3N5O3. The first-order chi connectivity index (χ1) is 16.2. The third-order valence-corrected chi connectivity index (χ3v) is 5.59. The summed E-state index contributed by atoms with van der Waals surface area (Å²) < 4.78 is 51.1. The van der Waals surface area contributed by atoms with Gasteiger partial charge in [0.15, 0.2) is 11.4 Å². The Bertz CT molecular complexity index is 1310. The first-order valence-corrected chi connectivity index (χ1v) is 11.2. The summed E-state index contributed by atoms with van der Waals surface area (Å²) >= 11 is 0. The van der Waals surface area contributed by atoms with E-state index in [-0.39, 0.29) is 47.1 Å². The molecule has 198 valence electrons. The van der Waals surface area contributed by atoms with Crippen LogP contribution in [-0.4, -0.2) is 44.6 Å². The lowest BCUT2D eigenvalue weighted by Gasteiger charge is -2.21. The minimum atomic E-state index is -4.34. The molecule has 3 aromatic rings. The molecule has 0 aliphatic heterocycles. The highest BCUT2D eigenvalue weighted by atomic mass is 35.5. The molecule has 2 aromatic heterocycles. The van der Waals surface area contributed by atoms with Crippen molar-refractivity contribution in [2.24, 2.45) is 0 Å². The Labute approximate surface area is 213 Å². The average molecular weight is 530 g/mol. The van der Waals surface area contributed by atoms with Crippen LogP contribution in [0.2, 0.25) is 0 Å². The van der Waals surface area contributed by atoms with E-state index in [0.717, 1.165) is 16.7 Å². The molecule has 1 N–H and O–H groups in total. The van der Waals surface area contributed by atoms with Crippen molar-refractivity contribution in [3.8, 4) is 11.6 Å². The number of fused-ring (bicyclic) bond motifs is 1. The van der Waals surface area contributed by atoms with E-state index in [1.165, 1.54) is 15.3 Å². The Hall–Kier alpha value is -3.08. The maximum atomic E-state index is 13.2.